The van der Waals surface area contributed by atoms with Crippen molar-refractivity contribution >= 4 is 17.4 Å². The maximum absolute atomic E-state index is 14.8. The van der Waals surface area contributed by atoms with Crippen LogP contribution in [0.4, 0.5) is 4.39 Å². The third-order valence-corrected chi connectivity index (χ3v) is 5.46. The van der Waals surface area contributed by atoms with Gasteiger partial charge >= 0.3 is 0 Å². The standard InChI is InChI=1S/C24H22FN3O4/c1-32-17-7-4-6-16(14-17)22(29)20-21(18-8-2-3-9-19(18)25)28(24(31)23(20)30)12-5-11-27-13-10-26-15-27/h2-4,6-10,13-15,21,29H,5,11-12H2,1H3/t21-/m0/s1. The second-order valence-electron chi connectivity index (χ2n) is 7.40. The van der Waals surface area contributed by atoms with E-state index in [1.54, 1.807) is 49.1 Å². The van der Waals surface area contributed by atoms with Gasteiger partial charge in [0, 0.05) is 36.6 Å². The molecule has 0 spiro atoms. The van der Waals surface area contributed by atoms with Gasteiger partial charge in [-0.15, -0.1) is 0 Å². The van der Waals surface area contributed by atoms with Crippen LogP contribution in [0.15, 0.2) is 72.8 Å². The van der Waals surface area contributed by atoms with Gasteiger partial charge in [0.15, 0.2) is 0 Å². The monoisotopic (exact) mass is 435 g/mol. The molecule has 1 atom stereocenters. The molecular formula is C24H22FN3O4. The average Bonchev–Trinajstić information content (AvgIpc) is 3.41. The number of aliphatic hydroxyl groups is 1. The van der Waals surface area contributed by atoms with Gasteiger partial charge in [-0.25, -0.2) is 9.37 Å². The van der Waals surface area contributed by atoms with E-state index in [0.29, 0.717) is 24.3 Å². The molecule has 3 aromatic rings. The summed E-state index contributed by atoms with van der Waals surface area (Å²) in [6.45, 7) is 0.777. The number of carbonyl (C=O) groups excluding carboxylic acids is 2. The van der Waals surface area contributed by atoms with E-state index in [-0.39, 0.29) is 23.4 Å². The molecule has 1 fully saturated rings. The number of aliphatic hydroxyl groups excluding tert-OH is 1. The van der Waals surface area contributed by atoms with E-state index in [1.165, 1.54) is 30.2 Å². The zero-order chi connectivity index (χ0) is 22.7. The molecule has 1 aliphatic rings. The van der Waals surface area contributed by atoms with Crippen LogP contribution in [0.5, 0.6) is 5.75 Å². The van der Waals surface area contributed by atoms with Gasteiger partial charge in [0.2, 0.25) is 0 Å². The van der Waals surface area contributed by atoms with E-state index in [0.717, 1.165) is 0 Å². The summed E-state index contributed by atoms with van der Waals surface area (Å²) in [5, 5.41) is 11.0. The molecule has 32 heavy (non-hydrogen) atoms. The van der Waals surface area contributed by atoms with Gasteiger partial charge in [0.05, 0.1) is 25.1 Å². The Kier molecular flexibility index (Phi) is 6.02. The smallest absolute Gasteiger partial charge is 0.295 e. The first-order valence-electron chi connectivity index (χ1n) is 10.1. The Balaban J connectivity index is 1.76. The molecular weight excluding hydrogens is 413 g/mol. The number of aromatic nitrogens is 2. The third-order valence-electron chi connectivity index (χ3n) is 5.46. The fourth-order valence-corrected chi connectivity index (χ4v) is 3.90. The van der Waals surface area contributed by atoms with Crippen molar-refractivity contribution in [2.75, 3.05) is 13.7 Å². The predicted molar refractivity (Wildman–Crippen MR) is 115 cm³/mol. The van der Waals surface area contributed by atoms with Gasteiger partial charge in [0.25, 0.3) is 11.7 Å². The van der Waals surface area contributed by atoms with Crippen LogP contribution in [-0.4, -0.2) is 44.9 Å². The highest BCUT2D eigenvalue weighted by atomic mass is 19.1. The number of ketones is 1. The number of rotatable bonds is 7. The summed E-state index contributed by atoms with van der Waals surface area (Å²) in [7, 11) is 1.48. The molecule has 164 valence electrons. The van der Waals surface area contributed by atoms with E-state index in [9.17, 15) is 19.1 Å². The van der Waals surface area contributed by atoms with Crippen molar-refractivity contribution < 1.29 is 23.8 Å². The molecule has 0 radical (unpaired) electrons. The van der Waals surface area contributed by atoms with Gasteiger partial charge in [-0.05, 0) is 24.6 Å². The summed E-state index contributed by atoms with van der Waals surface area (Å²) < 4.78 is 21.8. The quantitative estimate of drug-likeness (QED) is 0.349. The normalized spacial score (nSPS) is 17.7. The molecule has 2 heterocycles. The number of ether oxygens (including phenoxy) is 1. The van der Waals surface area contributed by atoms with E-state index < -0.39 is 23.5 Å². The van der Waals surface area contributed by atoms with Crippen LogP contribution in [0.25, 0.3) is 5.76 Å². The van der Waals surface area contributed by atoms with Crippen LogP contribution in [0.1, 0.15) is 23.6 Å². The molecule has 1 aliphatic heterocycles. The molecule has 0 unspecified atom stereocenters. The highest BCUT2D eigenvalue weighted by Crippen LogP contribution is 2.40. The lowest BCUT2D eigenvalue weighted by molar-refractivity contribution is -0.140. The second kappa shape index (κ2) is 9.05. The zero-order valence-corrected chi connectivity index (χ0v) is 17.4. The lowest BCUT2D eigenvalue weighted by atomic mass is 9.95. The van der Waals surface area contributed by atoms with Crippen LogP contribution in [0, 0.1) is 5.82 Å². The minimum atomic E-state index is -1.04. The maximum atomic E-state index is 14.8. The number of imidazole rings is 1. The van der Waals surface area contributed by atoms with Crippen molar-refractivity contribution in [1.82, 2.24) is 14.5 Å². The number of nitrogens with zero attached hydrogens (tertiary/aromatic N) is 3. The Morgan fingerprint density at radius 2 is 1.97 bits per heavy atom. The number of aryl methyl sites for hydroxylation is 1. The van der Waals surface area contributed by atoms with E-state index in [4.69, 9.17) is 4.74 Å². The predicted octanol–water partition coefficient (Wildman–Crippen LogP) is 3.54. The number of Topliss-reactive ketones (excluding diaryl/α,β-unsaturated/α-hetero) is 1. The number of benzene rings is 2. The van der Waals surface area contributed by atoms with Crippen molar-refractivity contribution in [2.45, 2.75) is 19.0 Å². The summed E-state index contributed by atoms with van der Waals surface area (Å²) in [5.74, 6) is -2.07. The fraction of sp³-hybridized carbons (Fsp3) is 0.208. The summed E-state index contributed by atoms with van der Waals surface area (Å²) in [4.78, 5) is 31.2. The molecule has 7 nitrogen and oxygen atoms in total. The van der Waals surface area contributed by atoms with Crippen molar-refractivity contribution in [3.8, 4) is 5.75 Å². The largest absolute Gasteiger partial charge is 0.507 e. The number of likely N-dealkylation sites (tertiary alicyclic amines) is 1. The van der Waals surface area contributed by atoms with Gasteiger partial charge < -0.3 is 19.3 Å². The Morgan fingerprint density at radius 3 is 2.69 bits per heavy atom. The van der Waals surface area contributed by atoms with Crippen molar-refractivity contribution in [2.24, 2.45) is 0 Å². The van der Waals surface area contributed by atoms with Crippen molar-refractivity contribution in [3.63, 3.8) is 0 Å². The fourth-order valence-electron chi connectivity index (χ4n) is 3.90. The Bertz CT molecular complexity index is 1170. The van der Waals surface area contributed by atoms with Crippen LogP contribution in [-0.2, 0) is 16.1 Å². The highest BCUT2D eigenvalue weighted by molar-refractivity contribution is 6.46. The molecule has 0 saturated carbocycles. The van der Waals surface area contributed by atoms with E-state index in [1.807, 2.05) is 4.57 Å². The maximum Gasteiger partial charge on any atom is 0.295 e. The molecule has 8 heteroatoms. The zero-order valence-electron chi connectivity index (χ0n) is 17.4. The number of amides is 1. The number of methoxy groups -OCH3 is 1. The molecule has 4 rings (SSSR count). The van der Waals surface area contributed by atoms with E-state index in [2.05, 4.69) is 4.98 Å². The van der Waals surface area contributed by atoms with Crippen molar-refractivity contribution in [1.29, 1.82) is 0 Å². The highest BCUT2D eigenvalue weighted by Gasteiger charge is 2.46. The third kappa shape index (κ3) is 3.99. The number of hydrogen-bond acceptors (Lipinski definition) is 5. The molecule has 1 saturated heterocycles. The summed E-state index contributed by atoms with van der Waals surface area (Å²) >= 11 is 0. The second-order valence-corrected chi connectivity index (χ2v) is 7.40. The lowest BCUT2D eigenvalue weighted by Crippen LogP contribution is -2.31. The summed E-state index contributed by atoms with van der Waals surface area (Å²) in [5.41, 5.74) is 0.317. The van der Waals surface area contributed by atoms with Crippen LogP contribution in [0.3, 0.4) is 0 Å². The molecule has 1 amide bonds. The van der Waals surface area contributed by atoms with Gasteiger partial charge in [0.1, 0.15) is 17.3 Å². The Hall–Kier alpha value is -3.94. The molecule has 1 aromatic heterocycles. The van der Waals surface area contributed by atoms with Crippen LogP contribution < -0.4 is 4.74 Å². The Labute approximate surface area is 184 Å². The van der Waals surface area contributed by atoms with Gasteiger partial charge in [-0.1, -0.05) is 30.3 Å². The first-order chi connectivity index (χ1) is 15.5. The lowest BCUT2D eigenvalue weighted by Gasteiger charge is -2.25. The summed E-state index contributed by atoms with van der Waals surface area (Å²) in [6.07, 6.45) is 5.63. The molecule has 0 aliphatic carbocycles. The van der Waals surface area contributed by atoms with Crippen LogP contribution in [0.2, 0.25) is 0 Å². The van der Waals surface area contributed by atoms with Gasteiger partial charge in [-0.2, -0.15) is 0 Å². The van der Waals surface area contributed by atoms with Gasteiger partial charge in [-0.3, -0.25) is 9.59 Å². The topological polar surface area (TPSA) is 84.7 Å². The SMILES string of the molecule is COc1cccc(C(O)=C2C(=O)C(=O)N(CCCn3ccnc3)[C@H]2c2ccccc2F)c1. The van der Waals surface area contributed by atoms with E-state index >= 15 is 0 Å². The number of hydrogen-bond donors (Lipinski definition) is 1. The first-order valence-corrected chi connectivity index (χ1v) is 10.1. The number of carbonyl (C=O) groups is 2. The number of halogens is 1. The van der Waals surface area contributed by atoms with Crippen LogP contribution >= 0.6 is 0 Å². The van der Waals surface area contributed by atoms with Crippen molar-refractivity contribution in [3.05, 3.63) is 89.8 Å². The Morgan fingerprint density at radius 1 is 1.16 bits per heavy atom. The summed E-state index contributed by atoms with van der Waals surface area (Å²) in [6, 6.07) is 11.4. The molecule has 0 bridgehead atoms. The first kappa shape index (κ1) is 21.3. The average molecular weight is 435 g/mol. The molecule has 1 N–H and O–H groups in total. The minimum Gasteiger partial charge on any atom is -0.507 e. The molecule has 2 aromatic carbocycles. The minimum absolute atomic E-state index is 0.143.